The zero-order valence-corrected chi connectivity index (χ0v) is 10.2. The van der Waals surface area contributed by atoms with Crippen molar-refractivity contribution in [2.45, 2.75) is 19.9 Å². The molecule has 0 unspecified atom stereocenters. The highest BCUT2D eigenvalue weighted by molar-refractivity contribution is 5.38. The fourth-order valence-corrected chi connectivity index (χ4v) is 1.44. The minimum atomic E-state index is -0.0443. The third-order valence-corrected chi connectivity index (χ3v) is 2.23. The van der Waals surface area contributed by atoms with Gasteiger partial charge in [-0.2, -0.15) is 5.10 Å². The van der Waals surface area contributed by atoms with E-state index in [1.807, 2.05) is 21.0 Å². The van der Waals surface area contributed by atoms with Crippen molar-refractivity contribution in [1.82, 2.24) is 14.7 Å². The summed E-state index contributed by atoms with van der Waals surface area (Å²) in [7, 11) is 4.04. The van der Waals surface area contributed by atoms with Gasteiger partial charge in [0.1, 0.15) is 0 Å². The second kappa shape index (κ2) is 6.27. The van der Waals surface area contributed by atoms with Crippen molar-refractivity contribution in [2.75, 3.05) is 32.5 Å². The number of rotatable bonds is 6. The third kappa shape index (κ3) is 4.02. The fourth-order valence-electron chi connectivity index (χ4n) is 1.44. The van der Waals surface area contributed by atoms with Gasteiger partial charge < -0.3 is 10.2 Å². The molecule has 0 radical (unpaired) electrons. The first kappa shape index (κ1) is 12.7. The van der Waals surface area contributed by atoms with Crippen LogP contribution in [0.2, 0.25) is 0 Å². The number of nitrogens with one attached hydrogen (secondary N) is 1. The maximum atomic E-state index is 11.6. The summed E-state index contributed by atoms with van der Waals surface area (Å²) in [6.07, 6.45) is 2.63. The van der Waals surface area contributed by atoms with Crippen LogP contribution >= 0.6 is 0 Å². The average Bonchev–Trinajstić information content (AvgIpc) is 2.21. The summed E-state index contributed by atoms with van der Waals surface area (Å²) in [5, 5.41) is 7.18. The standard InChI is InChI=1S/C11H20N4O/c1-4-12-10-8-11(16)15(13-9-10)7-5-6-14(2)3/h8-9,12H,4-7H2,1-3H3. The molecule has 0 atom stereocenters. The van der Waals surface area contributed by atoms with Crippen molar-refractivity contribution in [1.29, 1.82) is 0 Å². The maximum Gasteiger partial charge on any atom is 0.268 e. The van der Waals surface area contributed by atoms with E-state index in [0.717, 1.165) is 25.2 Å². The maximum absolute atomic E-state index is 11.6. The van der Waals surface area contributed by atoms with Gasteiger partial charge in [-0.05, 0) is 34.0 Å². The van der Waals surface area contributed by atoms with E-state index in [2.05, 4.69) is 15.3 Å². The van der Waals surface area contributed by atoms with Gasteiger partial charge in [-0.25, -0.2) is 4.68 Å². The van der Waals surface area contributed by atoms with Crippen LogP contribution in [-0.2, 0) is 6.54 Å². The van der Waals surface area contributed by atoms with Gasteiger partial charge in [-0.15, -0.1) is 0 Å². The molecule has 0 amide bonds. The van der Waals surface area contributed by atoms with E-state index in [4.69, 9.17) is 0 Å². The van der Waals surface area contributed by atoms with Crippen LogP contribution < -0.4 is 10.9 Å². The van der Waals surface area contributed by atoms with Crippen LogP contribution in [0.1, 0.15) is 13.3 Å². The Balaban J connectivity index is 2.58. The zero-order chi connectivity index (χ0) is 12.0. The molecule has 0 saturated heterocycles. The monoisotopic (exact) mass is 224 g/mol. The molecule has 0 aromatic carbocycles. The van der Waals surface area contributed by atoms with Crippen molar-refractivity contribution in [2.24, 2.45) is 0 Å². The summed E-state index contributed by atoms with van der Waals surface area (Å²) in [4.78, 5) is 13.7. The molecule has 1 heterocycles. The van der Waals surface area contributed by atoms with E-state index in [1.165, 1.54) is 4.68 Å². The lowest BCUT2D eigenvalue weighted by molar-refractivity contribution is 0.377. The van der Waals surface area contributed by atoms with Gasteiger partial charge in [0.25, 0.3) is 5.56 Å². The predicted molar refractivity (Wildman–Crippen MR) is 65.8 cm³/mol. The van der Waals surface area contributed by atoms with E-state index in [-0.39, 0.29) is 5.56 Å². The Morgan fingerprint density at radius 3 is 2.81 bits per heavy atom. The van der Waals surface area contributed by atoms with Gasteiger partial charge in [-0.3, -0.25) is 4.79 Å². The van der Waals surface area contributed by atoms with Crippen molar-refractivity contribution in [3.05, 3.63) is 22.6 Å². The van der Waals surface area contributed by atoms with Crippen LogP contribution in [0.4, 0.5) is 5.69 Å². The zero-order valence-electron chi connectivity index (χ0n) is 10.2. The number of aromatic nitrogens is 2. The summed E-state index contributed by atoms with van der Waals surface area (Å²) < 4.78 is 1.50. The smallest absolute Gasteiger partial charge is 0.268 e. The molecule has 1 N–H and O–H groups in total. The highest BCUT2D eigenvalue weighted by Gasteiger charge is 1.99. The van der Waals surface area contributed by atoms with Crippen LogP contribution in [0.3, 0.4) is 0 Å². The highest BCUT2D eigenvalue weighted by Crippen LogP contribution is 1.98. The Labute approximate surface area is 96.1 Å². The lowest BCUT2D eigenvalue weighted by Crippen LogP contribution is -2.24. The summed E-state index contributed by atoms with van der Waals surface area (Å²) in [5.74, 6) is 0. The number of aryl methyl sites for hydroxylation is 1. The number of hydrogen-bond acceptors (Lipinski definition) is 4. The van der Waals surface area contributed by atoms with Gasteiger partial charge in [0.05, 0.1) is 11.9 Å². The molecule has 0 aliphatic heterocycles. The Morgan fingerprint density at radius 1 is 1.50 bits per heavy atom. The topological polar surface area (TPSA) is 50.2 Å². The third-order valence-electron chi connectivity index (χ3n) is 2.23. The number of nitrogens with zero attached hydrogens (tertiary/aromatic N) is 3. The molecule has 5 heteroatoms. The first-order chi connectivity index (χ1) is 7.63. The van der Waals surface area contributed by atoms with E-state index in [1.54, 1.807) is 12.3 Å². The molecule has 16 heavy (non-hydrogen) atoms. The van der Waals surface area contributed by atoms with E-state index in [9.17, 15) is 4.79 Å². The molecule has 0 bridgehead atoms. The van der Waals surface area contributed by atoms with E-state index >= 15 is 0 Å². The van der Waals surface area contributed by atoms with E-state index < -0.39 is 0 Å². The average molecular weight is 224 g/mol. The van der Waals surface area contributed by atoms with Crippen LogP contribution in [0.15, 0.2) is 17.1 Å². The fraction of sp³-hybridized carbons (Fsp3) is 0.636. The Bertz CT molecular complexity index is 372. The lowest BCUT2D eigenvalue weighted by Gasteiger charge is -2.10. The summed E-state index contributed by atoms with van der Waals surface area (Å²) >= 11 is 0. The first-order valence-electron chi connectivity index (χ1n) is 5.59. The van der Waals surface area contributed by atoms with Crippen LogP contribution in [0, 0.1) is 0 Å². The van der Waals surface area contributed by atoms with E-state index in [0.29, 0.717) is 6.54 Å². The molecule has 1 aromatic heterocycles. The quantitative estimate of drug-likeness (QED) is 0.770. The molecular formula is C11H20N4O. The number of anilines is 1. The van der Waals surface area contributed by atoms with Crippen molar-refractivity contribution in [3.8, 4) is 0 Å². The van der Waals surface area contributed by atoms with Crippen molar-refractivity contribution >= 4 is 5.69 Å². The SMILES string of the molecule is CCNc1cnn(CCCN(C)C)c(=O)c1. The molecule has 90 valence electrons. The Kier molecular flexibility index (Phi) is 4.98. The predicted octanol–water partition coefficient (Wildman–Crippen LogP) is 0.627. The molecule has 1 aromatic rings. The molecule has 1 rings (SSSR count). The van der Waals surface area contributed by atoms with Gasteiger partial charge in [0.2, 0.25) is 0 Å². The second-order valence-corrected chi connectivity index (χ2v) is 3.99. The first-order valence-corrected chi connectivity index (χ1v) is 5.59. The Hall–Kier alpha value is -1.36. The number of hydrogen-bond donors (Lipinski definition) is 1. The van der Waals surface area contributed by atoms with Gasteiger partial charge in [-0.1, -0.05) is 0 Å². The largest absolute Gasteiger partial charge is 0.384 e. The highest BCUT2D eigenvalue weighted by atomic mass is 16.1. The molecular weight excluding hydrogens is 204 g/mol. The van der Waals surface area contributed by atoms with Gasteiger partial charge >= 0.3 is 0 Å². The van der Waals surface area contributed by atoms with Crippen molar-refractivity contribution < 1.29 is 0 Å². The molecule has 0 fully saturated rings. The molecule has 5 nitrogen and oxygen atoms in total. The normalized spacial score (nSPS) is 10.8. The van der Waals surface area contributed by atoms with Gasteiger partial charge in [0, 0.05) is 19.2 Å². The van der Waals surface area contributed by atoms with Crippen LogP contribution in [0.25, 0.3) is 0 Å². The molecule has 0 saturated carbocycles. The minimum Gasteiger partial charge on any atom is -0.384 e. The molecule has 0 aliphatic carbocycles. The molecule has 0 aliphatic rings. The van der Waals surface area contributed by atoms with Crippen LogP contribution in [0.5, 0.6) is 0 Å². The van der Waals surface area contributed by atoms with Crippen LogP contribution in [-0.4, -0.2) is 41.9 Å². The summed E-state index contributed by atoms with van der Waals surface area (Å²) in [6.45, 7) is 4.42. The second-order valence-electron chi connectivity index (χ2n) is 3.99. The summed E-state index contributed by atoms with van der Waals surface area (Å²) in [6, 6.07) is 1.59. The Morgan fingerprint density at radius 2 is 2.25 bits per heavy atom. The van der Waals surface area contributed by atoms with Gasteiger partial charge in [0.15, 0.2) is 0 Å². The summed E-state index contributed by atoms with van der Waals surface area (Å²) in [5.41, 5.74) is 0.744. The van der Waals surface area contributed by atoms with Crippen molar-refractivity contribution in [3.63, 3.8) is 0 Å². The molecule has 0 spiro atoms. The lowest BCUT2D eigenvalue weighted by atomic mass is 10.4. The minimum absolute atomic E-state index is 0.0443.